The van der Waals surface area contributed by atoms with Gasteiger partial charge in [0.1, 0.15) is 11.8 Å². The number of rotatable bonds is 7. The molecule has 2 aromatic rings. The van der Waals surface area contributed by atoms with Crippen molar-refractivity contribution in [3.05, 3.63) is 29.5 Å². The van der Waals surface area contributed by atoms with Crippen LogP contribution in [0.5, 0.6) is 17.2 Å². The Hall–Kier alpha value is -3.23. The highest BCUT2D eigenvalue weighted by Gasteiger charge is 2.21. The monoisotopic (exact) mass is 363 g/mol. The van der Waals surface area contributed by atoms with E-state index in [4.69, 9.17) is 18.7 Å². The van der Waals surface area contributed by atoms with Crippen molar-refractivity contribution in [2.24, 2.45) is 0 Å². The van der Waals surface area contributed by atoms with Crippen molar-refractivity contribution < 1.29 is 28.3 Å². The van der Waals surface area contributed by atoms with Crippen LogP contribution in [0, 0.1) is 6.92 Å². The first-order chi connectivity index (χ1) is 12.4. The van der Waals surface area contributed by atoms with E-state index in [1.165, 1.54) is 33.5 Å². The fourth-order valence-corrected chi connectivity index (χ4v) is 2.22. The lowest BCUT2D eigenvalue weighted by Gasteiger charge is -2.16. The summed E-state index contributed by atoms with van der Waals surface area (Å²) in [6.07, 6.45) is 0. The van der Waals surface area contributed by atoms with Gasteiger partial charge in [-0.25, -0.2) is 0 Å². The van der Waals surface area contributed by atoms with Crippen molar-refractivity contribution in [3.63, 3.8) is 0 Å². The molecule has 0 saturated carbocycles. The van der Waals surface area contributed by atoms with E-state index in [-0.39, 0.29) is 11.4 Å². The minimum atomic E-state index is -0.807. The molecule has 1 atom stereocenters. The largest absolute Gasteiger partial charge is 0.493 e. The Morgan fingerprint density at radius 1 is 1.08 bits per heavy atom. The van der Waals surface area contributed by atoms with Gasteiger partial charge in [0.15, 0.2) is 17.3 Å². The van der Waals surface area contributed by atoms with Crippen LogP contribution < -0.4 is 24.8 Å². The van der Waals surface area contributed by atoms with Gasteiger partial charge in [0.2, 0.25) is 11.7 Å². The number of hydrogen-bond donors (Lipinski definition) is 2. The van der Waals surface area contributed by atoms with Crippen molar-refractivity contribution >= 4 is 17.6 Å². The standard InChI is InChI=1S/C17H21N3O6/c1-9-6-14(20-26-9)19-16(21)10(2)18-17(22)11-7-12(23-3)15(25-5)13(8-11)24-4/h6-8,10H,1-5H3,(H,18,22)(H,19,20,21)/t10-/m0/s1. The second kappa shape index (κ2) is 8.24. The number of aromatic nitrogens is 1. The highest BCUT2D eigenvalue weighted by Crippen LogP contribution is 2.38. The van der Waals surface area contributed by atoms with Gasteiger partial charge in [-0.3, -0.25) is 9.59 Å². The summed E-state index contributed by atoms with van der Waals surface area (Å²) in [6, 6.07) is 3.77. The van der Waals surface area contributed by atoms with Gasteiger partial charge in [0, 0.05) is 11.6 Å². The molecular weight excluding hydrogens is 342 g/mol. The Balaban J connectivity index is 2.12. The Kier molecular flexibility index (Phi) is 6.05. The number of aryl methyl sites for hydroxylation is 1. The molecule has 0 radical (unpaired) electrons. The van der Waals surface area contributed by atoms with Gasteiger partial charge in [0.05, 0.1) is 21.3 Å². The van der Waals surface area contributed by atoms with Gasteiger partial charge in [-0.05, 0) is 26.0 Å². The summed E-state index contributed by atoms with van der Waals surface area (Å²) in [6.45, 7) is 3.26. The van der Waals surface area contributed by atoms with Gasteiger partial charge < -0.3 is 29.4 Å². The Labute approximate surface area is 150 Å². The predicted octanol–water partition coefficient (Wildman–Crippen LogP) is 1.77. The molecule has 1 heterocycles. The topological polar surface area (TPSA) is 112 Å². The lowest BCUT2D eigenvalue weighted by molar-refractivity contribution is -0.117. The molecule has 2 N–H and O–H groups in total. The lowest BCUT2D eigenvalue weighted by atomic mass is 10.1. The highest BCUT2D eigenvalue weighted by atomic mass is 16.5. The molecule has 0 fully saturated rings. The lowest BCUT2D eigenvalue weighted by Crippen LogP contribution is -2.41. The van der Waals surface area contributed by atoms with Crippen molar-refractivity contribution in [1.82, 2.24) is 10.5 Å². The molecule has 0 spiro atoms. The summed E-state index contributed by atoms with van der Waals surface area (Å²) in [4.78, 5) is 24.6. The second-order valence-corrected chi connectivity index (χ2v) is 5.42. The van der Waals surface area contributed by atoms with Crippen LogP contribution in [0.3, 0.4) is 0 Å². The number of amides is 2. The summed E-state index contributed by atoms with van der Waals surface area (Å²) in [5.74, 6) is 0.997. The van der Waals surface area contributed by atoms with Gasteiger partial charge in [-0.15, -0.1) is 0 Å². The molecule has 2 rings (SSSR count). The van der Waals surface area contributed by atoms with Crippen molar-refractivity contribution in [3.8, 4) is 17.2 Å². The molecule has 140 valence electrons. The molecular formula is C17H21N3O6. The van der Waals surface area contributed by atoms with Crippen molar-refractivity contribution in [2.45, 2.75) is 19.9 Å². The fraction of sp³-hybridized carbons (Fsp3) is 0.353. The summed E-state index contributed by atoms with van der Waals surface area (Å²) < 4.78 is 20.5. The Morgan fingerprint density at radius 2 is 1.69 bits per heavy atom. The second-order valence-electron chi connectivity index (χ2n) is 5.42. The van der Waals surface area contributed by atoms with Crippen LogP contribution in [0.1, 0.15) is 23.0 Å². The third-order valence-corrected chi connectivity index (χ3v) is 3.55. The molecule has 1 aromatic carbocycles. The first-order valence-corrected chi connectivity index (χ1v) is 7.74. The molecule has 9 heteroatoms. The van der Waals surface area contributed by atoms with E-state index in [2.05, 4.69) is 15.8 Å². The van der Waals surface area contributed by atoms with Crippen LogP contribution in [0.25, 0.3) is 0 Å². The van der Waals surface area contributed by atoms with Crippen molar-refractivity contribution in [2.75, 3.05) is 26.6 Å². The zero-order valence-electron chi connectivity index (χ0n) is 15.2. The van der Waals surface area contributed by atoms with Gasteiger partial charge in [-0.2, -0.15) is 0 Å². The number of anilines is 1. The number of nitrogens with zero attached hydrogens (tertiary/aromatic N) is 1. The van der Waals surface area contributed by atoms with Gasteiger partial charge >= 0.3 is 0 Å². The quantitative estimate of drug-likeness (QED) is 0.771. The maximum atomic E-state index is 12.5. The molecule has 0 aliphatic heterocycles. The van der Waals surface area contributed by atoms with E-state index in [9.17, 15) is 9.59 Å². The first-order valence-electron chi connectivity index (χ1n) is 7.74. The van der Waals surface area contributed by atoms with E-state index < -0.39 is 17.9 Å². The summed E-state index contributed by atoms with van der Waals surface area (Å²) in [5.41, 5.74) is 0.261. The number of ether oxygens (including phenoxy) is 3. The number of methoxy groups -OCH3 is 3. The van der Waals surface area contributed by atoms with E-state index in [0.29, 0.717) is 23.0 Å². The van der Waals surface area contributed by atoms with Gasteiger partial charge in [0.25, 0.3) is 5.91 Å². The van der Waals surface area contributed by atoms with E-state index in [0.717, 1.165) is 0 Å². The predicted molar refractivity (Wildman–Crippen MR) is 92.9 cm³/mol. The summed E-state index contributed by atoms with van der Waals surface area (Å²) >= 11 is 0. The summed E-state index contributed by atoms with van der Waals surface area (Å²) in [7, 11) is 4.38. The van der Waals surface area contributed by atoms with Crippen LogP contribution in [0.15, 0.2) is 22.7 Å². The average molecular weight is 363 g/mol. The third-order valence-electron chi connectivity index (χ3n) is 3.55. The molecule has 1 aromatic heterocycles. The number of nitrogens with one attached hydrogen (secondary N) is 2. The van der Waals surface area contributed by atoms with E-state index >= 15 is 0 Å². The number of hydrogen-bond acceptors (Lipinski definition) is 7. The number of benzene rings is 1. The maximum Gasteiger partial charge on any atom is 0.252 e. The molecule has 2 amide bonds. The minimum absolute atomic E-state index is 0.261. The molecule has 0 unspecified atom stereocenters. The average Bonchev–Trinajstić information content (AvgIpc) is 3.04. The first kappa shape index (κ1) is 19.1. The van der Waals surface area contributed by atoms with Crippen LogP contribution in [-0.4, -0.2) is 44.3 Å². The van der Waals surface area contributed by atoms with E-state index in [1.807, 2.05) is 0 Å². The van der Waals surface area contributed by atoms with Gasteiger partial charge in [-0.1, -0.05) is 5.16 Å². The van der Waals surface area contributed by atoms with Crippen LogP contribution >= 0.6 is 0 Å². The molecule has 0 aliphatic rings. The zero-order chi connectivity index (χ0) is 19.3. The SMILES string of the molecule is COc1cc(C(=O)N[C@@H](C)C(=O)Nc2cc(C)on2)cc(OC)c1OC. The van der Waals surface area contributed by atoms with Crippen LogP contribution in [0.4, 0.5) is 5.82 Å². The fourth-order valence-electron chi connectivity index (χ4n) is 2.22. The van der Waals surface area contributed by atoms with E-state index in [1.54, 1.807) is 19.9 Å². The molecule has 0 aliphatic carbocycles. The normalized spacial score (nSPS) is 11.4. The zero-order valence-corrected chi connectivity index (χ0v) is 15.2. The smallest absolute Gasteiger partial charge is 0.252 e. The van der Waals surface area contributed by atoms with Crippen LogP contribution in [-0.2, 0) is 4.79 Å². The maximum absolute atomic E-state index is 12.5. The van der Waals surface area contributed by atoms with Crippen molar-refractivity contribution in [1.29, 1.82) is 0 Å². The summed E-state index contributed by atoms with van der Waals surface area (Å²) in [5, 5.41) is 8.83. The third kappa shape index (κ3) is 4.24. The molecule has 9 nitrogen and oxygen atoms in total. The van der Waals surface area contributed by atoms with Crippen LogP contribution in [0.2, 0.25) is 0 Å². The minimum Gasteiger partial charge on any atom is -0.493 e. The highest BCUT2D eigenvalue weighted by molar-refractivity contribution is 6.01. The Morgan fingerprint density at radius 3 is 2.15 bits per heavy atom. The molecule has 0 saturated heterocycles. The number of carbonyl (C=O) groups is 2. The number of carbonyl (C=O) groups excluding carboxylic acids is 2. The molecule has 0 bridgehead atoms. The Bertz CT molecular complexity index is 777. The molecule has 26 heavy (non-hydrogen) atoms.